The number of methoxy groups -OCH3 is 1. The van der Waals surface area contributed by atoms with E-state index in [1.54, 1.807) is 0 Å². The fourth-order valence-electron chi connectivity index (χ4n) is 1.76. The average Bonchev–Trinajstić information content (AvgIpc) is 2.36. The Balaban J connectivity index is 2.34. The van der Waals surface area contributed by atoms with Crippen LogP contribution in [0.5, 0.6) is 5.75 Å². The molecule has 0 spiro atoms. The van der Waals surface area contributed by atoms with Crippen LogP contribution in [0.2, 0.25) is 0 Å². The Morgan fingerprint density at radius 3 is 2.59 bits per heavy atom. The third-order valence-corrected chi connectivity index (χ3v) is 2.67. The van der Waals surface area contributed by atoms with E-state index < -0.39 is 0 Å². The maximum absolute atomic E-state index is 11.0. The zero-order valence-electron chi connectivity index (χ0n) is 9.90. The van der Waals surface area contributed by atoms with Gasteiger partial charge in [-0.2, -0.15) is 0 Å². The van der Waals surface area contributed by atoms with Crippen LogP contribution in [0.25, 0.3) is 10.8 Å². The molecule has 0 unspecified atom stereocenters. The van der Waals surface area contributed by atoms with Crippen LogP contribution in [0.3, 0.4) is 0 Å². The van der Waals surface area contributed by atoms with Crippen LogP contribution in [-0.2, 0) is 9.53 Å². The Morgan fingerprint density at radius 1 is 1.12 bits per heavy atom. The lowest BCUT2D eigenvalue weighted by atomic mass is 10.1. The molecule has 0 aliphatic rings. The molecule has 0 fully saturated rings. The Bertz CT molecular complexity index is 546. The van der Waals surface area contributed by atoms with Crippen molar-refractivity contribution in [1.29, 1.82) is 0 Å². The minimum absolute atomic E-state index is 0.0659. The molecule has 0 saturated heterocycles. The van der Waals surface area contributed by atoms with Crippen LogP contribution in [0, 0.1) is 6.92 Å². The van der Waals surface area contributed by atoms with E-state index in [-0.39, 0.29) is 12.6 Å². The van der Waals surface area contributed by atoms with Crippen LogP contribution in [-0.4, -0.2) is 19.7 Å². The van der Waals surface area contributed by atoms with Crippen LogP contribution >= 0.6 is 0 Å². The van der Waals surface area contributed by atoms with Crippen molar-refractivity contribution in [1.82, 2.24) is 0 Å². The molecule has 0 bridgehead atoms. The summed E-state index contributed by atoms with van der Waals surface area (Å²) in [6.45, 7) is 1.98. The number of ether oxygens (including phenoxy) is 2. The number of benzene rings is 2. The predicted octanol–water partition coefficient (Wildman–Crippen LogP) is 2.70. The van der Waals surface area contributed by atoms with Crippen LogP contribution in [0.1, 0.15) is 5.56 Å². The van der Waals surface area contributed by atoms with E-state index in [0.29, 0.717) is 5.75 Å². The fourth-order valence-corrected chi connectivity index (χ4v) is 1.76. The smallest absolute Gasteiger partial charge is 0.343 e. The van der Waals surface area contributed by atoms with Crippen molar-refractivity contribution in [3.05, 3.63) is 42.0 Å². The molecular formula is C14H14O3. The predicted molar refractivity (Wildman–Crippen MR) is 66.2 cm³/mol. The number of rotatable bonds is 3. The van der Waals surface area contributed by atoms with Gasteiger partial charge in [0, 0.05) is 5.39 Å². The Morgan fingerprint density at radius 2 is 1.82 bits per heavy atom. The summed E-state index contributed by atoms with van der Waals surface area (Å²) in [6.07, 6.45) is 0. The van der Waals surface area contributed by atoms with Gasteiger partial charge in [-0.1, -0.05) is 30.3 Å². The van der Waals surface area contributed by atoms with Gasteiger partial charge in [0.15, 0.2) is 6.61 Å². The van der Waals surface area contributed by atoms with E-state index in [2.05, 4.69) is 4.74 Å². The standard InChI is InChI=1S/C14H14O3/c1-10-5-3-7-12-11(10)6-4-8-13(12)17-9-14(15)16-2/h3-8H,9H2,1-2H3. The van der Waals surface area contributed by atoms with Crippen molar-refractivity contribution >= 4 is 16.7 Å². The molecule has 0 aliphatic heterocycles. The molecule has 0 amide bonds. The van der Waals surface area contributed by atoms with Gasteiger partial charge >= 0.3 is 5.97 Å². The summed E-state index contributed by atoms with van der Waals surface area (Å²) in [5.74, 6) is 0.325. The maximum Gasteiger partial charge on any atom is 0.343 e. The molecule has 3 nitrogen and oxygen atoms in total. The fraction of sp³-hybridized carbons (Fsp3) is 0.214. The highest BCUT2D eigenvalue weighted by atomic mass is 16.6. The first kappa shape index (κ1) is 11.5. The Hall–Kier alpha value is -2.03. The van der Waals surface area contributed by atoms with Gasteiger partial charge in [-0.15, -0.1) is 0 Å². The highest BCUT2D eigenvalue weighted by Gasteiger charge is 2.06. The van der Waals surface area contributed by atoms with Gasteiger partial charge in [-0.3, -0.25) is 0 Å². The lowest BCUT2D eigenvalue weighted by molar-refractivity contribution is -0.142. The molecule has 0 N–H and O–H groups in total. The molecule has 88 valence electrons. The zero-order valence-corrected chi connectivity index (χ0v) is 9.90. The minimum atomic E-state index is -0.380. The number of aryl methyl sites for hydroxylation is 1. The van der Waals surface area contributed by atoms with Gasteiger partial charge < -0.3 is 9.47 Å². The van der Waals surface area contributed by atoms with Gasteiger partial charge in [0.05, 0.1) is 7.11 Å². The second-order valence-corrected chi connectivity index (χ2v) is 3.79. The molecule has 0 saturated carbocycles. The second-order valence-electron chi connectivity index (χ2n) is 3.79. The number of hydrogen-bond acceptors (Lipinski definition) is 3. The van der Waals surface area contributed by atoms with Crippen LogP contribution < -0.4 is 4.74 Å². The molecule has 2 rings (SSSR count). The molecule has 2 aromatic carbocycles. The summed E-state index contributed by atoms with van der Waals surface area (Å²) in [5.41, 5.74) is 1.19. The van der Waals surface area contributed by atoms with Crippen molar-refractivity contribution in [2.75, 3.05) is 13.7 Å². The first-order chi connectivity index (χ1) is 8.22. The molecule has 0 aromatic heterocycles. The minimum Gasteiger partial charge on any atom is -0.481 e. The molecule has 0 atom stereocenters. The first-order valence-electron chi connectivity index (χ1n) is 5.40. The van der Waals surface area contributed by atoms with Crippen LogP contribution in [0.15, 0.2) is 36.4 Å². The topological polar surface area (TPSA) is 35.5 Å². The van der Waals surface area contributed by atoms with Crippen molar-refractivity contribution in [3.8, 4) is 5.75 Å². The molecule has 3 heteroatoms. The Kier molecular flexibility index (Phi) is 3.28. The summed E-state index contributed by atoms with van der Waals surface area (Å²) < 4.78 is 10.00. The molecule has 0 radical (unpaired) electrons. The van der Waals surface area contributed by atoms with Crippen molar-refractivity contribution in [3.63, 3.8) is 0 Å². The van der Waals surface area contributed by atoms with Gasteiger partial charge in [0.2, 0.25) is 0 Å². The first-order valence-corrected chi connectivity index (χ1v) is 5.40. The van der Waals surface area contributed by atoms with E-state index in [1.165, 1.54) is 12.7 Å². The lowest BCUT2D eigenvalue weighted by Gasteiger charge is -2.09. The monoisotopic (exact) mass is 230 g/mol. The van der Waals surface area contributed by atoms with E-state index in [9.17, 15) is 4.79 Å². The third kappa shape index (κ3) is 2.38. The molecule has 0 aliphatic carbocycles. The Labute approximate surface area is 100.0 Å². The van der Waals surface area contributed by atoms with Crippen molar-refractivity contribution in [2.24, 2.45) is 0 Å². The quantitative estimate of drug-likeness (QED) is 0.760. The number of fused-ring (bicyclic) bond motifs is 1. The van der Waals surface area contributed by atoms with Gasteiger partial charge in [0.25, 0.3) is 0 Å². The maximum atomic E-state index is 11.0. The van der Waals surface area contributed by atoms with Gasteiger partial charge in [-0.05, 0) is 23.9 Å². The summed E-state index contributed by atoms with van der Waals surface area (Å²) in [4.78, 5) is 11.0. The van der Waals surface area contributed by atoms with Gasteiger partial charge in [-0.25, -0.2) is 4.79 Å². The highest BCUT2D eigenvalue weighted by Crippen LogP contribution is 2.27. The largest absolute Gasteiger partial charge is 0.481 e. The van der Waals surface area contributed by atoms with E-state index in [1.807, 2.05) is 43.3 Å². The normalized spacial score (nSPS) is 10.2. The third-order valence-electron chi connectivity index (χ3n) is 2.67. The zero-order chi connectivity index (χ0) is 12.3. The van der Waals surface area contributed by atoms with Crippen molar-refractivity contribution < 1.29 is 14.3 Å². The molecule has 0 heterocycles. The summed E-state index contributed by atoms with van der Waals surface area (Å²) >= 11 is 0. The summed E-state index contributed by atoms with van der Waals surface area (Å²) in [5, 5.41) is 2.14. The number of hydrogen-bond donors (Lipinski definition) is 0. The van der Waals surface area contributed by atoms with E-state index in [0.717, 1.165) is 10.8 Å². The summed E-state index contributed by atoms with van der Waals surface area (Å²) in [7, 11) is 1.35. The number of carbonyl (C=O) groups is 1. The van der Waals surface area contributed by atoms with Crippen molar-refractivity contribution in [2.45, 2.75) is 6.92 Å². The molecule has 17 heavy (non-hydrogen) atoms. The molecular weight excluding hydrogens is 216 g/mol. The van der Waals surface area contributed by atoms with E-state index in [4.69, 9.17) is 4.74 Å². The SMILES string of the molecule is COC(=O)COc1cccc2c(C)cccc12. The number of carbonyl (C=O) groups excluding carboxylic acids is 1. The van der Waals surface area contributed by atoms with Crippen LogP contribution in [0.4, 0.5) is 0 Å². The molecule has 2 aromatic rings. The summed E-state index contributed by atoms with van der Waals surface area (Å²) in [6, 6.07) is 11.8. The average molecular weight is 230 g/mol. The second kappa shape index (κ2) is 4.87. The van der Waals surface area contributed by atoms with Gasteiger partial charge in [0.1, 0.15) is 5.75 Å². The highest BCUT2D eigenvalue weighted by molar-refractivity contribution is 5.91. The number of esters is 1. The lowest BCUT2D eigenvalue weighted by Crippen LogP contribution is -2.12. The van der Waals surface area contributed by atoms with E-state index >= 15 is 0 Å².